The molecule has 0 aliphatic carbocycles. The monoisotopic (exact) mass is 331 g/mol. The summed E-state index contributed by atoms with van der Waals surface area (Å²) in [6.45, 7) is 0. The Morgan fingerprint density at radius 3 is 2.10 bits per heavy atom. The highest BCUT2D eigenvalue weighted by atomic mass is 35.5. The second-order valence-corrected chi connectivity index (χ2v) is 6.02. The predicted molar refractivity (Wildman–Crippen MR) is 80.5 cm³/mol. The Bertz CT molecular complexity index is 581. The molecule has 1 atom stereocenters. The fraction of sp³-hybridized carbons (Fsp3) is 0.200. The molecule has 0 saturated carbocycles. The summed E-state index contributed by atoms with van der Waals surface area (Å²) >= 11 is 7.33. The number of rotatable bonds is 4. The fourth-order valence-electron chi connectivity index (χ4n) is 1.73. The van der Waals surface area contributed by atoms with Crippen molar-refractivity contribution in [3.05, 3.63) is 64.7 Å². The number of nitrogens with two attached hydrogens (primary N) is 1. The van der Waals surface area contributed by atoms with Crippen LogP contribution in [0.2, 0.25) is 5.02 Å². The van der Waals surface area contributed by atoms with Crippen LogP contribution in [0.4, 0.5) is 13.2 Å². The first-order valence-electron chi connectivity index (χ1n) is 6.17. The number of thioether (sulfide) groups is 1. The quantitative estimate of drug-likeness (QED) is 0.784. The Balaban J connectivity index is 1.97. The van der Waals surface area contributed by atoms with Crippen molar-refractivity contribution in [3.8, 4) is 0 Å². The van der Waals surface area contributed by atoms with E-state index >= 15 is 0 Å². The lowest BCUT2D eigenvalue weighted by Crippen LogP contribution is -2.13. The van der Waals surface area contributed by atoms with Gasteiger partial charge in [0.05, 0.1) is 5.56 Å². The van der Waals surface area contributed by atoms with Crippen molar-refractivity contribution in [2.24, 2.45) is 5.73 Å². The Hall–Kier alpha value is -1.17. The van der Waals surface area contributed by atoms with E-state index in [9.17, 15) is 13.2 Å². The lowest BCUT2D eigenvalue weighted by atomic mass is 10.1. The Kier molecular flexibility index (Phi) is 5.19. The second kappa shape index (κ2) is 6.73. The van der Waals surface area contributed by atoms with Crippen molar-refractivity contribution in [2.75, 3.05) is 5.75 Å². The summed E-state index contributed by atoms with van der Waals surface area (Å²) in [7, 11) is 0. The highest BCUT2D eigenvalue weighted by molar-refractivity contribution is 7.99. The molecule has 0 heterocycles. The number of hydrogen-bond donors (Lipinski definition) is 1. The lowest BCUT2D eigenvalue weighted by molar-refractivity contribution is -0.137. The molecule has 0 fully saturated rings. The van der Waals surface area contributed by atoms with Gasteiger partial charge in [-0.2, -0.15) is 13.2 Å². The summed E-state index contributed by atoms with van der Waals surface area (Å²) in [5.74, 6) is 0.576. The van der Waals surface area contributed by atoms with Gasteiger partial charge in [-0.15, -0.1) is 11.8 Å². The van der Waals surface area contributed by atoms with Gasteiger partial charge < -0.3 is 5.73 Å². The first-order chi connectivity index (χ1) is 9.86. The molecule has 2 rings (SSSR count). The van der Waals surface area contributed by atoms with E-state index in [0.29, 0.717) is 16.3 Å². The average Bonchev–Trinajstić information content (AvgIpc) is 2.45. The largest absolute Gasteiger partial charge is 0.416 e. The highest BCUT2D eigenvalue weighted by Crippen LogP contribution is 2.30. The highest BCUT2D eigenvalue weighted by Gasteiger charge is 2.30. The molecular formula is C15H13ClF3NS. The summed E-state index contributed by atoms with van der Waals surface area (Å²) in [6, 6.07) is 12.0. The summed E-state index contributed by atoms with van der Waals surface area (Å²) in [4.78, 5) is 1.02. The molecule has 0 aromatic heterocycles. The van der Waals surface area contributed by atoms with E-state index in [1.165, 1.54) is 23.9 Å². The molecule has 0 saturated heterocycles. The smallest absolute Gasteiger partial charge is 0.323 e. The Labute approximate surface area is 130 Å². The zero-order chi connectivity index (χ0) is 15.5. The molecule has 6 heteroatoms. The number of halogens is 4. The maximum atomic E-state index is 12.5. The van der Waals surface area contributed by atoms with Gasteiger partial charge in [0.15, 0.2) is 0 Å². The molecule has 1 nitrogen and oxygen atoms in total. The summed E-state index contributed by atoms with van der Waals surface area (Å²) < 4.78 is 37.4. The van der Waals surface area contributed by atoms with Crippen LogP contribution >= 0.6 is 23.4 Å². The molecule has 0 spiro atoms. The third kappa shape index (κ3) is 4.66. The zero-order valence-electron chi connectivity index (χ0n) is 10.9. The minimum absolute atomic E-state index is 0.326. The minimum Gasteiger partial charge on any atom is -0.323 e. The van der Waals surface area contributed by atoms with Gasteiger partial charge >= 0.3 is 6.18 Å². The number of benzene rings is 2. The van der Waals surface area contributed by atoms with Crippen LogP contribution in [0.5, 0.6) is 0 Å². The minimum atomic E-state index is -4.32. The Morgan fingerprint density at radius 1 is 1.00 bits per heavy atom. The van der Waals surface area contributed by atoms with E-state index in [1.54, 1.807) is 12.1 Å². The van der Waals surface area contributed by atoms with Gasteiger partial charge in [0.1, 0.15) is 0 Å². The normalized spacial score (nSPS) is 13.2. The molecular weight excluding hydrogens is 319 g/mol. The van der Waals surface area contributed by atoms with Gasteiger partial charge in [-0.3, -0.25) is 0 Å². The first kappa shape index (κ1) is 16.2. The van der Waals surface area contributed by atoms with E-state index in [4.69, 9.17) is 17.3 Å². The van der Waals surface area contributed by atoms with Gasteiger partial charge in [-0.05, 0) is 42.0 Å². The van der Waals surface area contributed by atoms with Crippen LogP contribution < -0.4 is 5.73 Å². The van der Waals surface area contributed by atoms with Crippen molar-refractivity contribution in [2.45, 2.75) is 17.1 Å². The summed E-state index contributed by atoms with van der Waals surface area (Å²) in [5.41, 5.74) is 6.03. The van der Waals surface area contributed by atoms with E-state index in [-0.39, 0.29) is 6.04 Å². The summed E-state index contributed by atoms with van der Waals surface area (Å²) in [6.07, 6.45) is -4.32. The van der Waals surface area contributed by atoms with Gasteiger partial charge in [0.25, 0.3) is 0 Å². The molecule has 0 bridgehead atoms. The van der Waals surface area contributed by atoms with E-state index in [2.05, 4.69) is 0 Å². The van der Waals surface area contributed by atoms with Gasteiger partial charge in [-0.1, -0.05) is 23.7 Å². The fourth-order valence-corrected chi connectivity index (χ4v) is 2.75. The molecule has 2 aromatic rings. The third-order valence-electron chi connectivity index (χ3n) is 2.91. The van der Waals surface area contributed by atoms with E-state index in [1.807, 2.05) is 12.1 Å². The average molecular weight is 332 g/mol. The van der Waals surface area contributed by atoms with Crippen molar-refractivity contribution in [1.29, 1.82) is 0 Å². The predicted octanol–water partition coefficient (Wildman–Crippen LogP) is 5.15. The first-order valence-corrected chi connectivity index (χ1v) is 7.54. The standard InChI is InChI=1S/C15H13ClF3NS/c16-12-5-7-13(8-6-12)21-9-14(20)10-1-3-11(4-2-10)15(17,18)19/h1-8,14H,9,20H2. The lowest BCUT2D eigenvalue weighted by Gasteiger charge is -2.13. The van der Waals surface area contributed by atoms with Gasteiger partial charge in [0, 0.05) is 21.7 Å². The molecule has 0 radical (unpaired) electrons. The molecule has 0 aliphatic rings. The van der Waals surface area contributed by atoms with Gasteiger partial charge in [0.2, 0.25) is 0 Å². The topological polar surface area (TPSA) is 26.0 Å². The SMILES string of the molecule is NC(CSc1ccc(Cl)cc1)c1ccc(C(F)(F)F)cc1. The summed E-state index contributed by atoms with van der Waals surface area (Å²) in [5, 5.41) is 0.659. The van der Waals surface area contributed by atoms with Gasteiger partial charge in [-0.25, -0.2) is 0 Å². The molecule has 2 aromatic carbocycles. The van der Waals surface area contributed by atoms with Crippen LogP contribution in [0, 0.1) is 0 Å². The Morgan fingerprint density at radius 2 is 1.57 bits per heavy atom. The van der Waals surface area contributed by atoms with Crippen LogP contribution in [-0.2, 0) is 6.18 Å². The maximum Gasteiger partial charge on any atom is 0.416 e. The van der Waals surface area contributed by atoms with E-state index < -0.39 is 11.7 Å². The van der Waals surface area contributed by atoms with Crippen LogP contribution in [0.3, 0.4) is 0 Å². The molecule has 1 unspecified atom stereocenters. The van der Waals surface area contributed by atoms with Crippen LogP contribution in [0.25, 0.3) is 0 Å². The number of alkyl halides is 3. The molecule has 0 aliphatic heterocycles. The molecule has 21 heavy (non-hydrogen) atoms. The van der Waals surface area contributed by atoms with Crippen LogP contribution in [0.1, 0.15) is 17.2 Å². The van der Waals surface area contributed by atoms with Crippen molar-refractivity contribution in [1.82, 2.24) is 0 Å². The third-order valence-corrected chi connectivity index (χ3v) is 4.29. The molecule has 112 valence electrons. The van der Waals surface area contributed by atoms with Crippen molar-refractivity contribution >= 4 is 23.4 Å². The van der Waals surface area contributed by atoms with Crippen LogP contribution in [0.15, 0.2) is 53.4 Å². The number of hydrogen-bond acceptors (Lipinski definition) is 2. The second-order valence-electron chi connectivity index (χ2n) is 4.49. The maximum absolute atomic E-state index is 12.5. The molecule has 0 amide bonds. The molecule has 2 N–H and O–H groups in total. The van der Waals surface area contributed by atoms with Crippen molar-refractivity contribution in [3.63, 3.8) is 0 Å². The van der Waals surface area contributed by atoms with Crippen molar-refractivity contribution < 1.29 is 13.2 Å². The van der Waals surface area contributed by atoms with E-state index in [0.717, 1.165) is 17.0 Å². The zero-order valence-corrected chi connectivity index (χ0v) is 12.5. The van der Waals surface area contributed by atoms with Crippen LogP contribution in [-0.4, -0.2) is 5.75 Å².